The van der Waals surface area contributed by atoms with Crippen LogP contribution in [0.4, 0.5) is 5.69 Å². The van der Waals surface area contributed by atoms with Gasteiger partial charge in [0, 0.05) is 10.2 Å². The Balaban J connectivity index is 2.30. The van der Waals surface area contributed by atoms with Gasteiger partial charge in [0.15, 0.2) is 0 Å². The van der Waals surface area contributed by atoms with Crippen molar-refractivity contribution >= 4 is 49.2 Å². The predicted molar refractivity (Wildman–Crippen MR) is 83.4 cm³/mol. The van der Waals surface area contributed by atoms with Gasteiger partial charge in [-0.15, -0.1) is 0 Å². The molecule has 0 saturated heterocycles. The Kier molecular flexibility index (Phi) is 4.55. The van der Waals surface area contributed by atoms with Crippen molar-refractivity contribution in [3.8, 4) is 0 Å². The van der Waals surface area contributed by atoms with Crippen LogP contribution in [0.2, 0.25) is 5.02 Å². The van der Waals surface area contributed by atoms with E-state index in [0.29, 0.717) is 4.47 Å². The third-order valence-electron chi connectivity index (χ3n) is 2.57. The Bertz CT molecular complexity index is 790. The lowest BCUT2D eigenvalue weighted by molar-refractivity contribution is 0.0697. The highest BCUT2D eigenvalue weighted by molar-refractivity contribution is 9.10. The summed E-state index contributed by atoms with van der Waals surface area (Å²) in [5.74, 6) is -1.08. The van der Waals surface area contributed by atoms with Gasteiger partial charge in [0.2, 0.25) is 0 Å². The Morgan fingerprint density at radius 3 is 2.29 bits per heavy atom. The molecule has 8 heteroatoms. The second-order valence-electron chi connectivity index (χ2n) is 4.06. The number of carboxylic acids is 1. The number of carbonyl (C=O) groups is 1. The quantitative estimate of drug-likeness (QED) is 0.835. The Labute approximate surface area is 134 Å². The van der Waals surface area contributed by atoms with Crippen LogP contribution >= 0.6 is 27.5 Å². The number of sulfonamides is 1. The maximum Gasteiger partial charge on any atom is 0.335 e. The second kappa shape index (κ2) is 6.05. The summed E-state index contributed by atoms with van der Waals surface area (Å²) in [7, 11) is -3.84. The maximum atomic E-state index is 12.2. The molecule has 0 spiro atoms. The van der Waals surface area contributed by atoms with E-state index in [0.717, 1.165) is 0 Å². The molecule has 2 rings (SSSR count). The van der Waals surface area contributed by atoms with Gasteiger partial charge in [0.1, 0.15) is 4.90 Å². The average molecular weight is 391 g/mol. The van der Waals surface area contributed by atoms with Crippen molar-refractivity contribution in [3.63, 3.8) is 0 Å². The highest BCUT2D eigenvalue weighted by Gasteiger charge is 2.18. The zero-order valence-electron chi connectivity index (χ0n) is 10.4. The molecule has 21 heavy (non-hydrogen) atoms. The zero-order chi connectivity index (χ0) is 15.6. The molecule has 2 aromatic carbocycles. The van der Waals surface area contributed by atoms with E-state index in [1.54, 1.807) is 6.07 Å². The fourth-order valence-electron chi connectivity index (χ4n) is 1.58. The molecular weight excluding hydrogens is 382 g/mol. The number of hydrogen-bond acceptors (Lipinski definition) is 3. The van der Waals surface area contributed by atoms with Crippen LogP contribution in [-0.4, -0.2) is 19.5 Å². The molecule has 0 aliphatic heterocycles. The van der Waals surface area contributed by atoms with Gasteiger partial charge in [-0.3, -0.25) is 4.72 Å². The van der Waals surface area contributed by atoms with E-state index in [-0.39, 0.29) is 21.2 Å². The van der Waals surface area contributed by atoms with Crippen molar-refractivity contribution in [3.05, 3.63) is 57.5 Å². The van der Waals surface area contributed by atoms with Crippen molar-refractivity contribution in [1.82, 2.24) is 0 Å². The number of benzene rings is 2. The molecule has 0 heterocycles. The lowest BCUT2D eigenvalue weighted by Gasteiger charge is -2.10. The van der Waals surface area contributed by atoms with Gasteiger partial charge in [-0.1, -0.05) is 27.5 Å². The van der Waals surface area contributed by atoms with Crippen molar-refractivity contribution < 1.29 is 18.3 Å². The topological polar surface area (TPSA) is 83.5 Å². The van der Waals surface area contributed by atoms with Crippen LogP contribution in [0.1, 0.15) is 10.4 Å². The minimum atomic E-state index is -3.84. The first-order valence-electron chi connectivity index (χ1n) is 5.61. The van der Waals surface area contributed by atoms with Crippen LogP contribution in [0, 0.1) is 0 Å². The van der Waals surface area contributed by atoms with Gasteiger partial charge in [0.25, 0.3) is 10.0 Å². The molecule has 0 bridgehead atoms. The molecule has 0 amide bonds. The summed E-state index contributed by atoms with van der Waals surface area (Å²) in [5.41, 5.74) is 0.318. The summed E-state index contributed by atoms with van der Waals surface area (Å²) in [6, 6.07) is 9.77. The van der Waals surface area contributed by atoms with Gasteiger partial charge < -0.3 is 5.11 Å². The van der Waals surface area contributed by atoms with Gasteiger partial charge in [-0.25, -0.2) is 13.2 Å². The van der Waals surface area contributed by atoms with Crippen LogP contribution < -0.4 is 4.72 Å². The largest absolute Gasteiger partial charge is 0.478 e. The van der Waals surface area contributed by atoms with E-state index in [1.165, 1.54) is 36.4 Å². The van der Waals surface area contributed by atoms with Gasteiger partial charge in [-0.2, -0.15) is 0 Å². The zero-order valence-corrected chi connectivity index (χ0v) is 13.5. The van der Waals surface area contributed by atoms with E-state index < -0.39 is 16.0 Å². The number of nitrogens with one attached hydrogen (secondary N) is 1. The smallest absolute Gasteiger partial charge is 0.335 e. The molecule has 0 unspecified atom stereocenters. The molecule has 0 radical (unpaired) electrons. The molecule has 110 valence electrons. The van der Waals surface area contributed by atoms with Crippen LogP contribution in [-0.2, 0) is 10.0 Å². The number of carboxylic acid groups (broad SMARTS) is 1. The molecule has 0 fully saturated rings. The molecule has 0 aliphatic carbocycles. The number of anilines is 1. The lowest BCUT2D eigenvalue weighted by atomic mass is 10.2. The molecule has 0 aliphatic rings. The maximum absolute atomic E-state index is 12.2. The van der Waals surface area contributed by atoms with E-state index >= 15 is 0 Å². The molecule has 2 N–H and O–H groups in total. The second-order valence-corrected chi connectivity index (χ2v) is 7.04. The van der Waals surface area contributed by atoms with Crippen LogP contribution in [0.3, 0.4) is 0 Å². The molecule has 0 atom stereocenters. The molecule has 2 aromatic rings. The predicted octanol–water partition coefficient (Wildman–Crippen LogP) is 3.60. The minimum absolute atomic E-state index is 0.0605. The summed E-state index contributed by atoms with van der Waals surface area (Å²) in [4.78, 5) is 10.7. The van der Waals surface area contributed by atoms with Gasteiger partial charge in [-0.05, 0) is 42.5 Å². The monoisotopic (exact) mass is 389 g/mol. The average Bonchev–Trinajstić information content (AvgIpc) is 2.38. The summed E-state index contributed by atoms with van der Waals surface area (Å²) in [6.45, 7) is 0. The molecule has 0 aromatic heterocycles. The highest BCUT2D eigenvalue weighted by Crippen LogP contribution is 2.27. The van der Waals surface area contributed by atoms with Crippen LogP contribution in [0.15, 0.2) is 51.8 Å². The standard InChI is InChI=1S/C13H9BrClNO4S/c14-9-3-6-12(11(15)7-9)21(19,20)16-10-4-1-8(2-5-10)13(17)18/h1-7,16H,(H,17,18). The number of aromatic carboxylic acids is 1. The molecule has 5 nitrogen and oxygen atoms in total. The Morgan fingerprint density at radius 1 is 1.14 bits per heavy atom. The molecular formula is C13H9BrClNO4S. The Morgan fingerprint density at radius 2 is 1.76 bits per heavy atom. The highest BCUT2D eigenvalue weighted by atomic mass is 79.9. The SMILES string of the molecule is O=C(O)c1ccc(NS(=O)(=O)c2ccc(Br)cc2Cl)cc1. The van der Waals surface area contributed by atoms with Gasteiger partial charge >= 0.3 is 5.97 Å². The van der Waals surface area contributed by atoms with Crippen molar-refractivity contribution in [2.75, 3.05) is 4.72 Å². The fraction of sp³-hybridized carbons (Fsp3) is 0. The summed E-state index contributed by atoms with van der Waals surface area (Å²) in [5, 5.41) is 8.87. The van der Waals surface area contributed by atoms with Crippen LogP contribution in [0.25, 0.3) is 0 Å². The number of hydrogen-bond donors (Lipinski definition) is 2. The fourth-order valence-corrected chi connectivity index (χ4v) is 3.68. The molecule has 0 saturated carbocycles. The lowest BCUT2D eigenvalue weighted by Crippen LogP contribution is -2.13. The van der Waals surface area contributed by atoms with E-state index in [4.69, 9.17) is 16.7 Å². The summed E-state index contributed by atoms with van der Waals surface area (Å²) in [6.07, 6.45) is 0. The Hall–Kier alpha value is -1.57. The normalized spacial score (nSPS) is 11.1. The minimum Gasteiger partial charge on any atom is -0.478 e. The van der Waals surface area contributed by atoms with E-state index in [1.807, 2.05) is 0 Å². The first-order chi connectivity index (χ1) is 9.79. The number of rotatable bonds is 4. The van der Waals surface area contributed by atoms with Gasteiger partial charge in [0.05, 0.1) is 10.6 Å². The number of halogens is 2. The third-order valence-corrected chi connectivity index (χ3v) is 4.92. The first-order valence-corrected chi connectivity index (χ1v) is 8.26. The van der Waals surface area contributed by atoms with Crippen molar-refractivity contribution in [1.29, 1.82) is 0 Å². The third kappa shape index (κ3) is 3.75. The van der Waals surface area contributed by atoms with Crippen molar-refractivity contribution in [2.45, 2.75) is 4.90 Å². The van der Waals surface area contributed by atoms with Crippen LogP contribution in [0.5, 0.6) is 0 Å². The van der Waals surface area contributed by atoms with Crippen molar-refractivity contribution in [2.24, 2.45) is 0 Å². The summed E-state index contributed by atoms with van der Waals surface area (Å²) >= 11 is 9.12. The first kappa shape index (κ1) is 15.8. The summed E-state index contributed by atoms with van der Waals surface area (Å²) < 4.78 is 27.5. The van der Waals surface area contributed by atoms with E-state index in [2.05, 4.69) is 20.7 Å². The van der Waals surface area contributed by atoms with E-state index in [9.17, 15) is 13.2 Å².